The molecule has 0 unspecified atom stereocenters. The third-order valence-electron chi connectivity index (χ3n) is 1.86. The Morgan fingerprint density at radius 1 is 1.31 bits per heavy atom. The van der Waals surface area contributed by atoms with Gasteiger partial charge >= 0.3 is 0 Å². The zero-order chi connectivity index (χ0) is 9.26. The van der Waals surface area contributed by atoms with Gasteiger partial charge in [-0.25, -0.2) is 4.37 Å². The lowest BCUT2D eigenvalue weighted by Crippen LogP contribution is -1.76. The van der Waals surface area contributed by atoms with E-state index in [1.165, 1.54) is 11.5 Å². The highest BCUT2D eigenvalue weighted by atomic mass is 32.1. The molecule has 66 valence electrons. The van der Waals surface area contributed by atoms with E-state index in [0.29, 0.717) is 5.75 Å². The number of phenols is 1. The van der Waals surface area contributed by atoms with Crippen LogP contribution in [0.3, 0.4) is 0 Å². The van der Waals surface area contributed by atoms with Crippen LogP contribution in [-0.2, 0) is 0 Å². The van der Waals surface area contributed by atoms with Crippen molar-refractivity contribution < 1.29 is 5.11 Å². The van der Waals surface area contributed by atoms with Crippen molar-refractivity contribution in [1.29, 1.82) is 0 Å². The molecule has 3 heteroatoms. The van der Waals surface area contributed by atoms with E-state index >= 15 is 0 Å². The highest BCUT2D eigenvalue weighted by Gasteiger charge is 2.04. The first-order valence-electron chi connectivity index (χ1n) is 3.98. The number of aromatic nitrogens is 1. The number of aromatic hydroxyl groups is 1. The fraction of sp³-hybridized carbons (Fsp3) is 0.100. The van der Waals surface area contributed by atoms with Gasteiger partial charge in [0.25, 0.3) is 0 Å². The van der Waals surface area contributed by atoms with Crippen LogP contribution < -0.4 is 0 Å². The fourth-order valence-electron chi connectivity index (χ4n) is 1.20. The topological polar surface area (TPSA) is 33.1 Å². The Morgan fingerprint density at radius 3 is 2.77 bits per heavy atom. The van der Waals surface area contributed by atoms with E-state index in [1.54, 1.807) is 12.3 Å². The number of aryl methyl sites for hydroxylation is 1. The molecular formula is C10H9NOS. The third-order valence-corrected chi connectivity index (χ3v) is 2.64. The zero-order valence-corrected chi connectivity index (χ0v) is 8.01. The zero-order valence-electron chi connectivity index (χ0n) is 7.19. The molecule has 0 aliphatic rings. The second-order valence-corrected chi connectivity index (χ2v) is 3.73. The Balaban J connectivity index is 2.53. The van der Waals surface area contributed by atoms with Gasteiger partial charge in [-0.2, -0.15) is 0 Å². The van der Waals surface area contributed by atoms with Gasteiger partial charge in [0.05, 0.1) is 4.88 Å². The van der Waals surface area contributed by atoms with Crippen LogP contribution in [0, 0.1) is 6.92 Å². The maximum absolute atomic E-state index is 9.64. The number of hydrogen-bond donors (Lipinski definition) is 1. The van der Waals surface area contributed by atoms with Crippen molar-refractivity contribution >= 4 is 11.5 Å². The predicted molar refractivity (Wildman–Crippen MR) is 54.0 cm³/mol. The number of hydrogen-bond acceptors (Lipinski definition) is 3. The molecule has 1 aromatic heterocycles. The molecule has 2 aromatic rings. The molecule has 0 fully saturated rings. The maximum atomic E-state index is 9.64. The summed E-state index contributed by atoms with van der Waals surface area (Å²) >= 11 is 1.39. The van der Waals surface area contributed by atoms with Gasteiger partial charge in [-0.1, -0.05) is 6.07 Å². The van der Waals surface area contributed by atoms with Gasteiger partial charge in [0.1, 0.15) is 5.75 Å². The standard InChI is InChI=1S/C10H9NOS/c1-7-2-3-8(9(12)6-7)10-4-5-11-13-10/h2-6,12H,1H3. The van der Waals surface area contributed by atoms with Gasteiger partial charge in [0.15, 0.2) is 0 Å². The SMILES string of the molecule is Cc1ccc(-c2ccns2)c(O)c1. The second kappa shape index (κ2) is 3.18. The second-order valence-electron chi connectivity index (χ2n) is 2.90. The van der Waals surface area contributed by atoms with E-state index in [2.05, 4.69) is 4.37 Å². The van der Waals surface area contributed by atoms with Gasteiger partial charge in [0, 0.05) is 11.8 Å². The molecule has 1 N–H and O–H groups in total. The lowest BCUT2D eigenvalue weighted by Gasteiger charge is -2.01. The summed E-state index contributed by atoms with van der Waals surface area (Å²) in [5.41, 5.74) is 1.92. The minimum absolute atomic E-state index is 0.323. The van der Waals surface area contributed by atoms with E-state index in [0.717, 1.165) is 16.0 Å². The molecule has 0 saturated carbocycles. The molecule has 0 spiro atoms. The van der Waals surface area contributed by atoms with Gasteiger partial charge < -0.3 is 5.11 Å². The monoisotopic (exact) mass is 191 g/mol. The van der Waals surface area contributed by atoms with Crippen molar-refractivity contribution in [3.63, 3.8) is 0 Å². The Kier molecular flexibility index (Phi) is 2.02. The van der Waals surface area contributed by atoms with Crippen LogP contribution in [-0.4, -0.2) is 9.48 Å². The Bertz CT molecular complexity index is 409. The van der Waals surface area contributed by atoms with E-state index in [-0.39, 0.29) is 0 Å². The molecule has 1 heterocycles. The van der Waals surface area contributed by atoms with Gasteiger partial charge in [0.2, 0.25) is 0 Å². The Labute approximate surface area is 80.6 Å². The van der Waals surface area contributed by atoms with E-state index in [4.69, 9.17) is 0 Å². The summed E-state index contributed by atoms with van der Waals surface area (Å²) in [4.78, 5) is 0.998. The van der Waals surface area contributed by atoms with Crippen molar-refractivity contribution in [3.05, 3.63) is 36.0 Å². The average molecular weight is 191 g/mol. The first-order valence-corrected chi connectivity index (χ1v) is 4.75. The molecule has 1 aromatic carbocycles. The molecule has 0 bridgehead atoms. The van der Waals surface area contributed by atoms with Crippen molar-refractivity contribution in [2.75, 3.05) is 0 Å². The molecule has 0 amide bonds. The largest absolute Gasteiger partial charge is 0.507 e. The van der Waals surface area contributed by atoms with E-state index in [9.17, 15) is 5.11 Å². The van der Waals surface area contributed by atoms with Gasteiger partial charge in [-0.05, 0) is 42.2 Å². The number of nitrogens with zero attached hydrogens (tertiary/aromatic N) is 1. The molecule has 13 heavy (non-hydrogen) atoms. The van der Waals surface area contributed by atoms with Crippen LogP contribution in [0.25, 0.3) is 10.4 Å². The van der Waals surface area contributed by atoms with Crippen LogP contribution in [0.4, 0.5) is 0 Å². The summed E-state index contributed by atoms with van der Waals surface area (Å²) in [5.74, 6) is 0.323. The van der Waals surface area contributed by atoms with E-state index < -0.39 is 0 Å². The summed E-state index contributed by atoms with van der Waals surface area (Å²) < 4.78 is 3.99. The quantitative estimate of drug-likeness (QED) is 0.751. The van der Waals surface area contributed by atoms with Crippen molar-refractivity contribution in [3.8, 4) is 16.2 Å². The number of benzene rings is 1. The minimum Gasteiger partial charge on any atom is -0.507 e. The van der Waals surface area contributed by atoms with Crippen LogP contribution in [0.15, 0.2) is 30.5 Å². The summed E-state index contributed by atoms with van der Waals surface area (Å²) in [7, 11) is 0. The van der Waals surface area contributed by atoms with E-state index in [1.807, 2.05) is 25.1 Å². The van der Waals surface area contributed by atoms with Gasteiger partial charge in [-0.3, -0.25) is 0 Å². The number of phenolic OH excluding ortho intramolecular Hbond substituents is 1. The summed E-state index contributed by atoms with van der Waals surface area (Å²) in [6.45, 7) is 1.95. The summed E-state index contributed by atoms with van der Waals surface area (Å²) in [5, 5.41) is 9.64. The van der Waals surface area contributed by atoms with Crippen LogP contribution in [0.2, 0.25) is 0 Å². The minimum atomic E-state index is 0.323. The first-order chi connectivity index (χ1) is 6.27. The normalized spacial score (nSPS) is 10.2. The van der Waals surface area contributed by atoms with Crippen molar-refractivity contribution in [2.45, 2.75) is 6.92 Å². The third kappa shape index (κ3) is 1.55. The Morgan fingerprint density at radius 2 is 2.15 bits per heavy atom. The van der Waals surface area contributed by atoms with Crippen LogP contribution in [0.1, 0.15) is 5.56 Å². The average Bonchev–Trinajstić information content (AvgIpc) is 2.56. The maximum Gasteiger partial charge on any atom is 0.124 e. The molecular weight excluding hydrogens is 182 g/mol. The smallest absolute Gasteiger partial charge is 0.124 e. The molecule has 2 rings (SSSR count). The molecule has 0 aliphatic carbocycles. The van der Waals surface area contributed by atoms with Gasteiger partial charge in [-0.15, -0.1) is 0 Å². The van der Waals surface area contributed by atoms with Crippen molar-refractivity contribution in [2.24, 2.45) is 0 Å². The molecule has 0 radical (unpaired) electrons. The highest BCUT2D eigenvalue weighted by Crippen LogP contribution is 2.31. The predicted octanol–water partition coefficient (Wildman–Crippen LogP) is 2.82. The lowest BCUT2D eigenvalue weighted by molar-refractivity contribution is 0.477. The molecule has 0 saturated heterocycles. The highest BCUT2D eigenvalue weighted by molar-refractivity contribution is 7.09. The molecule has 2 nitrogen and oxygen atoms in total. The Hall–Kier alpha value is -1.35. The van der Waals surface area contributed by atoms with Crippen LogP contribution >= 0.6 is 11.5 Å². The fourth-order valence-corrected chi connectivity index (χ4v) is 1.83. The first kappa shape index (κ1) is 8.26. The van der Waals surface area contributed by atoms with Crippen LogP contribution in [0.5, 0.6) is 5.75 Å². The summed E-state index contributed by atoms with van der Waals surface area (Å²) in [6, 6.07) is 7.55. The lowest BCUT2D eigenvalue weighted by atomic mass is 10.1. The van der Waals surface area contributed by atoms with Crippen molar-refractivity contribution in [1.82, 2.24) is 4.37 Å². The summed E-state index contributed by atoms with van der Waals surface area (Å²) in [6.07, 6.45) is 1.74. The number of rotatable bonds is 1. The molecule has 0 aliphatic heterocycles. The molecule has 0 atom stereocenters.